The topological polar surface area (TPSA) is 103 Å². The Morgan fingerprint density at radius 2 is 2.00 bits per heavy atom. The zero-order chi connectivity index (χ0) is 25.6. The van der Waals surface area contributed by atoms with Gasteiger partial charge < -0.3 is 9.47 Å². The van der Waals surface area contributed by atoms with Gasteiger partial charge in [-0.15, -0.1) is 11.3 Å². The zero-order valence-corrected chi connectivity index (χ0v) is 21.7. The van der Waals surface area contributed by atoms with Crippen LogP contribution < -0.4 is 4.74 Å². The standard InChI is InChI=1S/C27H24ClN5O3S/c1-2-35-25(34)14-19-16-31-24(37-19)15-22-20-12-17(26-21(28)7-5-10-30-26)13-23(27(20)33-32-22)36-11-8-18-6-3-4-9-29-18/h3-7,9-10,12-13,16H,2,8,11,14-15H2,1H3,(H,32,33). The molecule has 0 saturated carbocycles. The van der Waals surface area contributed by atoms with Crippen LogP contribution in [-0.4, -0.2) is 44.3 Å². The number of thiazole rings is 1. The Labute approximate surface area is 222 Å². The third-order valence-electron chi connectivity index (χ3n) is 5.63. The highest BCUT2D eigenvalue weighted by Crippen LogP contribution is 2.35. The summed E-state index contributed by atoms with van der Waals surface area (Å²) in [5.41, 5.74) is 4.05. The first-order chi connectivity index (χ1) is 18.1. The van der Waals surface area contributed by atoms with E-state index >= 15 is 0 Å². The molecular weight excluding hydrogens is 510 g/mol. The lowest BCUT2D eigenvalue weighted by molar-refractivity contribution is -0.142. The van der Waals surface area contributed by atoms with Crippen LogP contribution >= 0.6 is 22.9 Å². The van der Waals surface area contributed by atoms with E-state index in [1.807, 2.05) is 36.4 Å². The van der Waals surface area contributed by atoms with Crippen molar-refractivity contribution in [1.82, 2.24) is 25.1 Å². The number of fused-ring (bicyclic) bond motifs is 1. The predicted octanol–water partition coefficient (Wildman–Crippen LogP) is 5.45. The van der Waals surface area contributed by atoms with Crippen molar-refractivity contribution in [3.8, 4) is 17.0 Å². The summed E-state index contributed by atoms with van der Waals surface area (Å²) in [7, 11) is 0. The Morgan fingerprint density at radius 3 is 2.81 bits per heavy atom. The van der Waals surface area contributed by atoms with E-state index in [9.17, 15) is 4.79 Å². The summed E-state index contributed by atoms with van der Waals surface area (Å²) < 4.78 is 11.2. The van der Waals surface area contributed by atoms with Crippen LogP contribution in [0.1, 0.15) is 28.2 Å². The molecule has 0 aliphatic carbocycles. The number of hydrogen-bond donors (Lipinski definition) is 1. The van der Waals surface area contributed by atoms with Crippen LogP contribution in [0.4, 0.5) is 0 Å². The van der Waals surface area contributed by atoms with Crippen molar-refractivity contribution in [1.29, 1.82) is 0 Å². The highest BCUT2D eigenvalue weighted by Gasteiger charge is 2.17. The molecule has 0 spiro atoms. The first-order valence-electron chi connectivity index (χ1n) is 11.8. The van der Waals surface area contributed by atoms with E-state index in [1.165, 1.54) is 11.3 Å². The molecule has 8 nitrogen and oxygen atoms in total. The van der Waals surface area contributed by atoms with Gasteiger partial charge >= 0.3 is 5.97 Å². The number of aromatic nitrogens is 5. The third kappa shape index (κ3) is 5.95. The Kier molecular flexibility index (Phi) is 7.72. The van der Waals surface area contributed by atoms with Gasteiger partial charge in [0.1, 0.15) is 11.3 Å². The second-order valence-electron chi connectivity index (χ2n) is 8.20. The minimum atomic E-state index is -0.255. The predicted molar refractivity (Wildman–Crippen MR) is 143 cm³/mol. The van der Waals surface area contributed by atoms with E-state index in [0.29, 0.717) is 42.5 Å². The van der Waals surface area contributed by atoms with Gasteiger partial charge in [0.25, 0.3) is 0 Å². The number of benzene rings is 1. The van der Waals surface area contributed by atoms with Crippen molar-refractivity contribution in [3.05, 3.63) is 87.4 Å². The molecular formula is C27H24ClN5O3S. The van der Waals surface area contributed by atoms with Crippen LogP contribution in [0.2, 0.25) is 5.02 Å². The largest absolute Gasteiger partial charge is 0.491 e. The number of hydrogen-bond acceptors (Lipinski definition) is 8. The minimum absolute atomic E-state index is 0.214. The third-order valence-corrected chi connectivity index (χ3v) is 6.93. The second kappa shape index (κ2) is 11.5. The van der Waals surface area contributed by atoms with Gasteiger partial charge in [-0.25, -0.2) is 4.98 Å². The molecule has 0 aliphatic heterocycles. The van der Waals surface area contributed by atoms with E-state index in [0.717, 1.165) is 37.7 Å². The molecule has 188 valence electrons. The van der Waals surface area contributed by atoms with Crippen molar-refractivity contribution in [3.63, 3.8) is 0 Å². The fraction of sp³-hybridized carbons (Fsp3) is 0.222. The van der Waals surface area contributed by atoms with Crippen LogP contribution in [0, 0.1) is 0 Å². The SMILES string of the molecule is CCOC(=O)Cc1cnc(Cc2[nH]nc3c(OCCc4ccccn4)cc(-c4ncccc4Cl)cc23)s1. The average Bonchev–Trinajstić information content (AvgIpc) is 3.52. The van der Waals surface area contributed by atoms with E-state index < -0.39 is 0 Å². The minimum Gasteiger partial charge on any atom is -0.491 e. The molecule has 37 heavy (non-hydrogen) atoms. The molecule has 10 heteroatoms. The summed E-state index contributed by atoms with van der Waals surface area (Å²) in [5, 5.41) is 10.0. The highest BCUT2D eigenvalue weighted by atomic mass is 35.5. The monoisotopic (exact) mass is 533 g/mol. The summed E-state index contributed by atoms with van der Waals surface area (Å²) in [6.07, 6.45) is 6.61. The Morgan fingerprint density at radius 1 is 1.11 bits per heavy atom. The molecule has 0 saturated heterocycles. The molecule has 0 bridgehead atoms. The van der Waals surface area contributed by atoms with Crippen LogP contribution in [0.3, 0.4) is 0 Å². The fourth-order valence-electron chi connectivity index (χ4n) is 3.94. The molecule has 0 aliphatic rings. The molecule has 0 unspecified atom stereocenters. The summed E-state index contributed by atoms with van der Waals surface area (Å²) >= 11 is 7.96. The Balaban J connectivity index is 1.45. The number of pyridine rings is 2. The number of carbonyl (C=O) groups excluding carboxylic acids is 1. The summed E-state index contributed by atoms with van der Waals surface area (Å²) in [5.74, 6) is 0.379. The zero-order valence-electron chi connectivity index (χ0n) is 20.1. The molecule has 5 rings (SSSR count). The van der Waals surface area contributed by atoms with Gasteiger partial charge in [0.05, 0.1) is 41.1 Å². The molecule has 0 amide bonds. The maximum Gasteiger partial charge on any atom is 0.311 e. The lowest BCUT2D eigenvalue weighted by Gasteiger charge is -2.10. The maximum atomic E-state index is 11.8. The van der Waals surface area contributed by atoms with Crippen LogP contribution in [0.25, 0.3) is 22.2 Å². The molecule has 4 aromatic heterocycles. The van der Waals surface area contributed by atoms with Crippen molar-refractivity contribution in [2.45, 2.75) is 26.2 Å². The Bertz CT molecular complexity index is 1520. The summed E-state index contributed by atoms with van der Waals surface area (Å²) in [6, 6.07) is 13.4. The number of carbonyl (C=O) groups is 1. The highest BCUT2D eigenvalue weighted by molar-refractivity contribution is 7.11. The number of ether oxygens (including phenoxy) is 2. The fourth-order valence-corrected chi connectivity index (χ4v) is 5.10. The second-order valence-corrected chi connectivity index (χ2v) is 9.81. The van der Waals surface area contributed by atoms with Crippen molar-refractivity contribution in [2.24, 2.45) is 0 Å². The van der Waals surface area contributed by atoms with Gasteiger partial charge in [-0.3, -0.25) is 19.9 Å². The summed E-state index contributed by atoms with van der Waals surface area (Å²) in [4.78, 5) is 26.0. The lowest BCUT2D eigenvalue weighted by Crippen LogP contribution is -2.06. The molecule has 0 atom stereocenters. The van der Waals surface area contributed by atoms with E-state index in [1.54, 1.807) is 31.6 Å². The molecule has 0 fully saturated rings. The smallest absolute Gasteiger partial charge is 0.311 e. The van der Waals surface area contributed by atoms with Crippen molar-refractivity contribution in [2.75, 3.05) is 13.2 Å². The van der Waals surface area contributed by atoms with E-state index in [2.05, 4.69) is 25.1 Å². The van der Waals surface area contributed by atoms with E-state index in [-0.39, 0.29) is 12.4 Å². The molecule has 0 radical (unpaired) electrons. The average molecular weight is 534 g/mol. The molecule has 1 N–H and O–H groups in total. The quantitative estimate of drug-likeness (QED) is 0.238. The Hall–Kier alpha value is -3.82. The molecule has 4 heterocycles. The van der Waals surface area contributed by atoms with Crippen molar-refractivity contribution >= 4 is 39.8 Å². The lowest BCUT2D eigenvalue weighted by atomic mass is 10.1. The van der Waals surface area contributed by atoms with Gasteiger partial charge in [-0.05, 0) is 43.3 Å². The van der Waals surface area contributed by atoms with Crippen LogP contribution in [-0.2, 0) is 28.8 Å². The van der Waals surface area contributed by atoms with Gasteiger partial charge in [0, 0.05) is 53.0 Å². The van der Waals surface area contributed by atoms with Gasteiger partial charge in [-0.1, -0.05) is 17.7 Å². The number of rotatable bonds is 10. The van der Waals surface area contributed by atoms with Crippen LogP contribution in [0.5, 0.6) is 5.75 Å². The van der Waals surface area contributed by atoms with Crippen LogP contribution in [0.15, 0.2) is 61.1 Å². The van der Waals surface area contributed by atoms with Gasteiger partial charge in [0.2, 0.25) is 0 Å². The number of nitrogens with zero attached hydrogens (tertiary/aromatic N) is 4. The van der Waals surface area contributed by atoms with Gasteiger partial charge in [-0.2, -0.15) is 5.10 Å². The number of nitrogens with one attached hydrogen (secondary N) is 1. The first-order valence-corrected chi connectivity index (χ1v) is 13.0. The normalized spacial score (nSPS) is 11.1. The summed E-state index contributed by atoms with van der Waals surface area (Å²) in [6.45, 7) is 2.60. The first kappa shape index (κ1) is 24.9. The van der Waals surface area contributed by atoms with Gasteiger partial charge in [0.15, 0.2) is 0 Å². The molecule has 5 aromatic rings. The number of esters is 1. The molecule has 1 aromatic carbocycles. The maximum absolute atomic E-state index is 11.8. The van der Waals surface area contributed by atoms with Crippen molar-refractivity contribution < 1.29 is 14.3 Å². The number of halogens is 1. The number of aromatic amines is 1. The van der Waals surface area contributed by atoms with E-state index in [4.69, 9.17) is 21.1 Å². The number of H-pyrrole nitrogens is 1.